The molecule has 0 aliphatic rings. The molecule has 0 aliphatic carbocycles. The Bertz CT molecular complexity index is 900. The molecule has 0 fully saturated rings. The number of carboxylic acid groups (broad SMARTS) is 1. The Hall–Kier alpha value is -3.59. The van der Waals surface area contributed by atoms with E-state index in [-0.39, 0.29) is 25.3 Å². The van der Waals surface area contributed by atoms with Gasteiger partial charge in [0.1, 0.15) is 0 Å². The lowest BCUT2D eigenvalue weighted by Crippen LogP contribution is -2.36. The van der Waals surface area contributed by atoms with Gasteiger partial charge >= 0.3 is 12.0 Å². The van der Waals surface area contributed by atoms with Gasteiger partial charge in [0.25, 0.3) is 0 Å². The minimum Gasteiger partial charge on any atom is -0.481 e. The number of carboxylic acids is 1. The first-order valence-electron chi connectivity index (χ1n) is 9.02. The van der Waals surface area contributed by atoms with Crippen molar-refractivity contribution < 1.29 is 19.5 Å². The second-order valence-electron chi connectivity index (χ2n) is 6.30. The molecule has 2 aromatic carbocycles. The first-order valence-corrected chi connectivity index (χ1v) is 9.40. The lowest BCUT2D eigenvalue weighted by atomic mass is 10.0. The molecule has 1 unspecified atom stereocenters. The third-order valence-corrected chi connectivity index (χ3v) is 4.27. The van der Waals surface area contributed by atoms with Crippen LogP contribution in [0.3, 0.4) is 0 Å². The molecule has 1 atom stereocenters. The Morgan fingerprint density at radius 2 is 1.77 bits per heavy atom. The number of nitrogens with two attached hydrogens (primary N) is 1. The zero-order chi connectivity index (χ0) is 21.9. The van der Waals surface area contributed by atoms with Gasteiger partial charge in [-0.1, -0.05) is 35.9 Å². The van der Waals surface area contributed by atoms with Gasteiger partial charge in [0, 0.05) is 17.3 Å². The number of halogens is 1. The van der Waals surface area contributed by atoms with Crippen molar-refractivity contribution in [3.63, 3.8) is 0 Å². The van der Waals surface area contributed by atoms with Crippen LogP contribution >= 0.6 is 11.6 Å². The number of hydrogen-bond acceptors (Lipinski definition) is 5. The van der Waals surface area contributed by atoms with Crippen LogP contribution in [0.5, 0.6) is 0 Å². The van der Waals surface area contributed by atoms with Gasteiger partial charge in [-0.3, -0.25) is 9.59 Å². The van der Waals surface area contributed by atoms with E-state index in [2.05, 4.69) is 21.1 Å². The van der Waals surface area contributed by atoms with Crippen LogP contribution in [0.25, 0.3) is 0 Å². The summed E-state index contributed by atoms with van der Waals surface area (Å²) in [6, 6.07) is 12.4. The summed E-state index contributed by atoms with van der Waals surface area (Å²) in [4.78, 5) is 35.2. The normalized spacial score (nSPS) is 11.6. The number of anilines is 1. The largest absolute Gasteiger partial charge is 0.481 e. The van der Waals surface area contributed by atoms with Gasteiger partial charge < -0.3 is 26.9 Å². The van der Waals surface area contributed by atoms with Crippen molar-refractivity contribution in [3.05, 3.63) is 64.7 Å². The molecule has 2 aromatic rings. The fraction of sp³-hybridized carbons (Fsp3) is 0.200. The van der Waals surface area contributed by atoms with E-state index in [1.54, 1.807) is 48.5 Å². The van der Waals surface area contributed by atoms with E-state index >= 15 is 0 Å². The summed E-state index contributed by atoms with van der Waals surface area (Å²) >= 11 is 5.92. The average Bonchev–Trinajstić information content (AvgIpc) is 2.69. The van der Waals surface area contributed by atoms with Crippen molar-refractivity contribution in [2.45, 2.75) is 18.9 Å². The van der Waals surface area contributed by atoms with E-state index in [4.69, 9.17) is 22.6 Å². The highest BCUT2D eigenvalue weighted by Gasteiger charge is 2.19. The highest BCUT2D eigenvalue weighted by atomic mass is 35.5. The van der Waals surface area contributed by atoms with Crippen molar-refractivity contribution in [3.8, 4) is 0 Å². The molecule has 158 valence electrons. The van der Waals surface area contributed by atoms with Gasteiger partial charge in [-0.25, -0.2) is 4.79 Å². The quantitative estimate of drug-likeness (QED) is 0.235. The number of carbonyl (C=O) groups excluding carboxylic acids is 2. The number of rotatable bonds is 9. The molecular weight excluding hydrogens is 410 g/mol. The molecule has 0 radical (unpaired) electrons. The van der Waals surface area contributed by atoms with Crippen LogP contribution in [0.4, 0.5) is 10.5 Å². The second-order valence-corrected chi connectivity index (χ2v) is 6.74. The number of nitrogens with zero attached hydrogens (tertiary/aromatic N) is 1. The number of hydrazone groups is 1. The molecule has 9 nitrogen and oxygen atoms in total. The van der Waals surface area contributed by atoms with Crippen LogP contribution in [-0.2, 0) is 9.59 Å². The van der Waals surface area contributed by atoms with Gasteiger partial charge in [-0.2, -0.15) is 5.10 Å². The number of amides is 3. The van der Waals surface area contributed by atoms with Crippen LogP contribution < -0.4 is 21.8 Å². The lowest BCUT2D eigenvalue weighted by molar-refractivity contribution is -0.136. The summed E-state index contributed by atoms with van der Waals surface area (Å²) in [5, 5.41) is 20.6. The number of urea groups is 1. The number of hydrogen-bond donors (Lipinski definition) is 5. The smallest absolute Gasteiger partial charge is 0.319 e. The van der Waals surface area contributed by atoms with E-state index in [0.29, 0.717) is 16.3 Å². The summed E-state index contributed by atoms with van der Waals surface area (Å²) in [6.45, 7) is 0.00610. The molecule has 0 aromatic heterocycles. The van der Waals surface area contributed by atoms with E-state index in [9.17, 15) is 14.4 Å². The van der Waals surface area contributed by atoms with E-state index in [1.165, 1.54) is 6.21 Å². The van der Waals surface area contributed by atoms with Gasteiger partial charge in [0.15, 0.2) is 0 Å². The first-order chi connectivity index (χ1) is 14.4. The van der Waals surface area contributed by atoms with Crippen molar-refractivity contribution in [1.29, 1.82) is 0 Å². The fourth-order valence-corrected chi connectivity index (χ4v) is 2.70. The summed E-state index contributed by atoms with van der Waals surface area (Å²) in [6.07, 6.45) is 1.22. The Labute approximate surface area is 178 Å². The number of carbonyl (C=O) groups is 3. The van der Waals surface area contributed by atoms with E-state index in [0.717, 1.165) is 5.56 Å². The molecule has 0 aliphatic heterocycles. The third-order valence-electron chi connectivity index (χ3n) is 4.02. The van der Waals surface area contributed by atoms with E-state index in [1.807, 2.05) is 0 Å². The van der Waals surface area contributed by atoms with Crippen LogP contribution in [0.15, 0.2) is 53.6 Å². The number of nitrogens with one attached hydrogen (secondary N) is 3. The predicted octanol–water partition coefficient (Wildman–Crippen LogP) is 2.48. The highest BCUT2D eigenvalue weighted by molar-refractivity contribution is 6.30. The summed E-state index contributed by atoms with van der Waals surface area (Å²) < 4.78 is 0. The maximum atomic E-state index is 12.5. The van der Waals surface area contributed by atoms with Crippen molar-refractivity contribution in [1.82, 2.24) is 10.6 Å². The molecular formula is C20H22ClN5O4. The topological polar surface area (TPSA) is 146 Å². The standard InChI is InChI=1S/C20H22ClN5O4/c21-15-5-3-14(4-6-15)17(11-18(27)23-10-9-19(28)29)26-20(30)25-16-7-1-13(2-8-16)12-24-22/h1-8,12,17H,9-11,22H2,(H,23,27)(H,28,29)(H2,25,26,30). The van der Waals surface area contributed by atoms with Crippen LogP contribution in [-0.4, -0.2) is 35.8 Å². The Kier molecular flexibility index (Phi) is 8.64. The van der Waals surface area contributed by atoms with Crippen LogP contribution in [0, 0.1) is 0 Å². The molecule has 0 spiro atoms. The molecule has 0 saturated heterocycles. The maximum absolute atomic E-state index is 12.5. The van der Waals surface area contributed by atoms with Crippen molar-refractivity contribution in [2.75, 3.05) is 11.9 Å². The molecule has 0 saturated carbocycles. The Balaban J connectivity index is 2.04. The molecule has 6 N–H and O–H groups in total. The van der Waals surface area contributed by atoms with Crippen molar-refractivity contribution >= 4 is 41.4 Å². The number of benzene rings is 2. The monoisotopic (exact) mass is 431 g/mol. The Morgan fingerprint density at radius 1 is 1.10 bits per heavy atom. The SMILES string of the molecule is NN=Cc1ccc(NC(=O)NC(CC(=O)NCCC(=O)O)c2ccc(Cl)cc2)cc1. The lowest BCUT2D eigenvalue weighted by Gasteiger charge is -2.19. The molecule has 2 rings (SSSR count). The molecule has 10 heteroatoms. The average molecular weight is 432 g/mol. The number of aliphatic carboxylic acids is 1. The van der Waals surface area contributed by atoms with Gasteiger partial charge in [-0.15, -0.1) is 0 Å². The molecule has 0 heterocycles. The minimum absolute atomic E-state index is 0.00610. The molecule has 30 heavy (non-hydrogen) atoms. The summed E-state index contributed by atoms with van der Waals surface area (Å²) in [5.41, 5.74) is 2.00. The summed E-state index contributed by atoms with van der Waals surface area (Å²) in [5.74, 6) is 3.71. The zero-order valence-corrected chi connectivity index (χ0v) is 16.7. The molecule has 3 amide bonds. The predicted molar refractivity (Wildman–Crippen MR) is 114 cm³/mol. The van der Waals surface area contributed by atoms with Crippen molar-refractivity contribution in [2.24, 2.45) is 10.9 Å². The second kappa shape index (κ2) is 11.4. The maximum Gasteiger partial charge on any atom is 0.319 e. The minimum atomic E-state index is -1.01. The van der Waals surface area contributed by atoms with Crippen LogP contribution in [0.2, 0.25) is 5.02 Å². The highest BCUT2D eigenvalue weighted by Crippen LogP contribution is 2.20. The third kappa shape index (κ3) is 7.80. The van der Waals surface area contributed by atoms with Gasteiger partial charge in [0.2, 0.25) is 5.91 Å². The van der Waals surface area contributed by atoms with Gasteiger partial charge in [0.05, 0.1) is 25.1 Å². The fourth-order valence-electron chi connectivity index (χ4n) is 2.58. The zero-order valence-electron chi connectivity index (χ0n) is 16.0. The van der Waals surface area contributed by atoms with Crippen LogP contribution in [0.1, 0.15) is 30.0 Å². The molecule has 0 bridgehead atoms. The first kappa shape index (κ1) is 22.7. The Morgan fingerprint density at radius 3 is 2.37 bits per heavy atom. The summed E-state index contributed by atoms with van der Waals surface area (Å²) in [7, 11) is 0. The van der Waals surface area contributed by atoms with Gasteiger partial charge in [-0.05, 0) is 35.4 Å². The van der Waals surface area contributed by atoms with E-state index < -0.39 is 18.0 Å².